The average Bonchev–Trinajstić information content (AvgIpc) is 3.45. The van der Waals surface area contributed by atoms with Crippen molar-refractivity contribution in [2.45, 2.75) is 57.0 Å². The van der Waals surface area contributed by atoms with Crippen molar-refractivity contribution >= 4 is 11.9 Å². The van der Waals surface area contributed by atoms with Crippen LogP contribution in [0.2, 0.25) is 0 Å². The first-order valence-corrected chi connectivity index (χ1v) is 9.55. The monoisotopic (exact) mass is 442 g/mol. The predicted octanol–water partition coefficient (Wildman–Crippen LogP) is 1.74. The topological polar surface area (TPSA) is 131 Å². The number of hydrogen-bond donors (Lipinski definition) is 3. The van der Waals surface area contributed by atoms with Gasteiger partial charge in [0.1, 0.15) is 5.69 Å². The Bertz CT molecular complexity index is 918. The molecule has 31 heavy (non-hydrogen) atoms. The van der Waals surface area contributed by atoms with Crippen molar-refractivity contribution in [1.29, 1.82) is 0 Å². The zero-order valence-electron chi connectivity index (χ0n) is 16.5. The predicted molar refractivity (Wildman–Crippen MR) is 99.5 cm³/mol. The van der Waals surface area contributed by atoms with Crippen LogP contribution in [0.25, 0.3) is 0 Å². The number of hydrogen-bond acceptors (Lipinski definition) is 7. The van der Waals surface area contributed by atoms with Gasteiger partial charge in [-0.2, -0.15) is 18.3 Å². The third kappa shape index (κ3) is 5.90. The number of fused-ring (bicyclic) bond motifs is 2. The van der Waals surface area contributed by atoms with Crippen molar-refractivity contribution in [3.8, 4) is 11.6 Å². The van der Waals surface area contributed by atoms with Gasteiger partial charge in [-0.05, 0) is 26.2 Å². The van der Waals surface area contributed by atoms with Crippen molar-refractivity contribution in [2.24, 2.45) is 0 Å². The van der Waals surface area contributed by atoms with E-state index in [4.69, 9.17) is 14.6 Å². The van der Waals surface area contributed by atoms with Crippen LogP contribution in [0.15, 0.2) is 24.8 Å². The number of amides is 1. The van der Waals surface area contributed by atoms with Crippen LogP contribution < -0.4 is 15.4 Å². The van der Waals surface area contributed by atoms with E-state index in [0.29, 0.717) is 29.4 Å². The van der Waals surface area contributed by atoms with Gasteiger partial charge in [0.2, 0.25) is 5.88 Å². The number of aryl methyl sites for hydroxylation is 1. The van der Waals surface area contributed by atoms with Crippen molar-refractivity contribution in [3.63, 3.8) is 0 Å². The number of nitrogens with zero attached hydrogens (tertiary/aromatic N) is 4. The number of ether oxygens (including phenoxy) is 1. The highest BCUT2D eigenvalue weighted by molar-refractivity contribution is 5.92. The number of rotatable bonds is 5. The van der Waals surface area contributed by atoms with Crippen LogP contribution in [-0.4, -0.2) is 61.0 Å². The molecule has 2 bridgehead atoms. The molecule has 0 spiro atoms. The molecule has 1 amide bonds. The minimum absolute atomic E-state index is 0.188. The Morgan fingerprint density at radius 1 is 1.29 bits per heavy atom. The molecule has 2 saturated heterocycles. The maximum atomic E-state index is 12.3. The van der Waals surface area contributed by atoms with Gasteiger partial charge in [-0.15, -0.1) is 0 Å². The Kier molecular flexibility index (Phi) is 6.73. The number of aliphatic carboxylic acids is 1. The fraction of sp³-hybridized carbons (Fsp3) is 0.500. The Morgan fingerprint density at radius 3 is 2.52 bits per heavy atom. The molecular formula is C18H21F3N6O4. The number of halogens is 3. The van der Waals surface area contributed by atoms with Gasteiger partial charge >= 0.3 is 12.1 Å². The molecule has 0 radical (unpaired) electrons. The number of carbonyl (C=O) groups excluding carboxylic acids is 1. The third-order valence-electron chi connectivity index (χ3n) is 4.88. The van der Waals surface area contributed by atoms with Gasteiger partial charge < -0.3 is 20.5 Å². The molecule has 0 saturated carbocycles. The first-order chi connectivity index (χ1) is 14.7. The van der Waals surface area contributed by atoms with Crippen molar-refractivity contribution in [3.05, 3.63) is 30.5 Å². The molecule has 4 rings (SSSR count). The first-order valence-electron chi connectivity index (χ1n) is 9.55. The molecular weight excluding hydrogens is 421 g/mol. The molecule has 3 atom stereocenters. The molecule has 0 aromatic carbocycles. The van der Waals surface area contributed by atoms with Crippen LogP contribution in [-0.2, 0) is 11.3 Å². The highest BCUT2D eigenvalue weighted by Gasteiger charge is 2.40. The Balaban J connectivity index is 0.000000339. The molecule has 2 aromatic heterocycles. The number of carbonyl (C=O) groups is 2. The molecule has 10 nitrogen and oxygen atoms in total. The number of carboxylic acid groups (broad SMARTS) is 1. The maximum absolute atomic E-state index is 12.3. The molecule has 2 aliphatic heterocycles. The van der Waals surface area contributed by atoms with Crippen LogP contribution in [0.3, 0.4) is 0 Å². The molecule has 3 N–H and O–H groups in total. The summed E-state index contributed by atoms with van der Waals surface area (Å²) < 4.78 is 39.1. The lowest BCUT2D eigenvalue weighted by atomic mass is 9.95. The zero-order chi connectivity index (χ0) is 22.6. The molecule has 0 aliphatic carbocycles. The van der Waals surface area contributed by atoms with Crippen LogP contribution in [0.4, 0.5) is 13.2 Å². The SMILES string of the molecule is CCn1cc(Oc2cnc(C(=O)N[C@@H]3C[C@@H]4CC[C@H]3N4)cn2)cn1.O=C(O)C(F)(F)F. The van der Waals surface area contributed by atoms with Gasteiger partial charge in [-0.3, -0.25) is 9.48 Å². The summed E-state index contributed by atoms with van der Waals surface area (Å²) in [5.74, 6) is -2.01. The minimum Gasteiger partial charge on any atom is -0.475 e. The highest BCUT2D eigenvalue weighted by Crippen LogP contribution is 2.28. The Hall–Kier alpha value is -3.22. The fourth-order valence-corrected chi connectivity index (χ4v) is 3.40. The molecule has 0 unspecified atom stereocenters. The van der Waals surface area contributed by atoms with Crippen molar-refractivity contribution in [1.82, 2.24) is 30.4 Å². The van der Waals surface area contributed by atoms with Crippen molar-refractivity contribution < 1.29 is 32.6 Å². The van der Waals surface area contributed by atoms with E-state index in [-0.39, 0.29) is 11.9 Å². The molecule has 4 heterocycles. The van der Waals surface area contributed by atoms with E-state index in [1.807, 2.05) is 6.92 Å². The molecule has 2 fully saturated rings. The molecule has 2 aromatic rings. The first kappa shape index (κ1) is 22.5. The summed E-state index contributed by atoms with van der Waals surface area (Å²) in [7, 11) is 0. The van der Waals surface area contributed by atoms with E-state index in [2.05, 4.69) is 25.7 Å². The van der Waals surface area contributed by atoms with Gasteiger partial charge in [0, 0.05) is 24.7 Å². The second-order valence-corrected chi connectivity index (χ2v) is 7.04. The van der Waals surface area contributed by atoms with E-state index < -0.39 is 12.1 Å². The smallest absolute Gasteiger partial charge is 0.475 e. The summed E-state index contributed by atoms with van der Waals surface area (Å²) in [6.07, 6.45) is 4.54. The normalized spacial score (nSPS) is 21.9. The van der Waals surface area contributed by atoms with Crippen LogP contribution in [0.1, 0.15) is 36.7 Å². The van der Waals surface area contributed by atoms with E-state index >= 15 is 0 Å². The summed E-state index contributed by atoms with van der Waals surface area (Å²) >= 11 is 0. The van der Waals surface area contributed by atoms with E-state index in [1.165, 1.54) is 18.8 Å². The van der Waals surface area contributed by atoms with E-state index in [0.717, 1.165) is 19.4 Å². The number of carboxylic acids is 1. The van der Waals surface area contributed by atoms with Gasteiger partial charge in [0.15, 0.2) is 5.75 Å². The lowest BCUT2D eigenvalue weighted by Crippen LogP contribution is -2.43. The third-order valence-corrected chi connectivity index (χ3v) is 4.88. The van der Waals surface area contributed by atoms with Gasteiger partial charge in [0.05, 0.1) is 24.8 Å². The molecule has 13 heteroatoms. The van der Waals surface area contributed by atoms with Gasteiger partial charge in [0.25, 0.3) is 5.91 Å². The molecule has 168 valence electrons. The van der Waals surface area contributed by atoms with Gasteiger partial charge in [-0.25, -0.2) is 14.8 Å². The number of nitrogens with one attached hydrogen (secondary N) is 2. The summed E-state index contributed by atoms with van der Waals surface area (Å²) in [6, 6.07) is 1.13. The average molecular weight is 442 g/mol. The van der Waals surface area contributed by atoms with Gasteiger partial charge in [-0.1, -0.05) is 0 Å². The lowest BCUT2D eigenvalue weighted by molar-refractivity contribution is -0.192. The second kappa shape index (κ2) is 9.29. The Labute approximate surface area is 174 Å². The summed E-state index contributed by atoms with van der Waals surface area (Å²) in [5.41, 5.74) is 0.300. The van der Waals surface area contributed by atoms with Crippen molar-refractivity contribution in [2.75, 3.05) is 0 Å². The highest BCUT2D eigenvalue weighted by atomic mass is 19.4. The lowest BCUT2D eigenvalue weighted by Gasteiger charge is -2.21. The maximum Gasteiger partial charge on any atom is 0.490 e. The minimum atomic E-state index is -5.08. The Morgan fingerprint density at radius 2 is 2.03 bits per heavy atom. The summed E-state index contributed by atoms with van der Waals surface area (Å²) in [6.45, 7) is 2.77. The van der Waals surface area contributed by atoms with Crippen LogP contribution in [0.5, 0.6) is 11.6 Å². The standard InChI is InChI=1S/C16H20N6O2.C2HF3O2/c1-2-22-9-11(6-19-22)24-15-8-17-14(7-18-15)16(23)21-13-5-10-3-4-12(13)20-10;3-2(4,5)1(6)7/h6-10,12-13,20H,2-5H2,1H3,(H,21,23);(H,6,7)/t10-,12+,13+;/m0./s1. The zero-order valence-corrected chi connectivity index (χ0v) is 16.5. The largest absolute Gasteiger partial charge is 0.490 e. The van der Waals surface area contributed by atoms with E-state index in [1.54, 1.807) is 17.1 Å². The summed E-state index contributed by atoms with van der Waals surface area (Å²) in [4.78, 5) is 29.5. The number of aromatic nitrogens is 4. The fourth-order valence-electron chi connectivity index (χ4n) is 3.40. The second-order valence-electron chi connectivity index (χ2n) is 7.04. The molecule has 2 aliphatic rings. The van der Waals surface area contributed by atoms with E-state index in [9.17, 15) is 18.0 Å². The number of alkyl halides is 3. The summed E-state index contributed by atoms with van der Waals surface area (Å²) in [5, 5.41) is 17.8. The van der Waals surface area contributed by atoms with Crippen LogP contribution in [0, 0.1) is 0 Å². The van der Waals surface area contributed by atoms with Crippen LogP contribution >= 0.6 is 0 Å². The quantitative estimate of drug-likeness (QED) is 0.638.